The number of nitrogens with one attached hydrogen (secondary N) is 2. The number of hydrogen-bond acceptors (Lipinski definition) is 2. The maximum absolute atomic E-state index is 13.2. The molecule has 0 saturated heterocycles. The van der Waals surface area contributed by atoms with Crippen molar-refractivity contribution in [1.82, 2.24) is 10.6 Å². The highest BCUT2D eigenvalue weighted by Gasteiger charge is 2.21. The van der Waals surface area contributed by atoms with Crippen molar-refractivity contribution in [2.75, 3.05) is 19.7 Å². The zero-order chi connectivity index (χ0) is 12.8. The second kappa shape index (κ2) is 6.23. The molecule has 0 spiro atoms. The largest absolute Gasteiger partial charge is 0.489 e. The molecule has 18 heavy (non-hydrogen) atoms. The third-order valence-corrected chi connectivity index (χ3v) is 2.73. The molecule has 0 bridgehead atoms. The predicted octanol–water partition coefficient (Wildman–Crippen LogP) is 1.91. The molecule has 4 nitrogen and oxygen atoms in total. The van der Waals surface area contributed by atoms with Crippen molar-refractivity contribution in [3.8, 4) is 5.75 Å². The van der Waals surface area contributed by atoms with Crippen molar-refractivity contribution in [2.24, 2.45) is 5.92 Å². The first-order valence-corrected chi connectivity index (χ1v) is 6.15. The number of halogens is 1. The summed E-state index contributed by atoms with van der Waals surface area (Å²) < 4.78 is 18.4. The molecule has 2 N–H and O–H groups in total. The van der Waals surface area contributed by atoms with Crippen LogP contribution in [0.1, 0.15) is 12.8 Å². The molecule has 1 aromatic carbocycles. The van der Waals surface area contributed by atoms with Crippen LogP contribution in [0, 0.1) is 11.7 Å². The number of urea groups is 1. The third-order valence-electron chi connectivity index (χ3n) is 2.73. The minimum absolute atomic E-state index is 0.195. The Balaban J connectivity index is 1.57. The van der Waals surface area contributed by atoms with E-state index in [0.717, 1.165) is 6.54 Å². The van der Waals surface area contributed by atoms with E-state index >= 15 is 0 Å². The van der Waals surface area contributed by atoms with Gasteiger partial charge in [0.15, 0.2) is 11.6 Å². The number of amides is 2. The van der Waals surface area contributed by atoms with Crippen LogP contribution in [0.4, 0.5) is 9.18 Å². The molecule has 0 aromatic heterocycles. The zero-order valence-electron chi connectivity index (χ0n) is 10.1. The van der Waals surface area contributed by atoms with Crippen LogP contribution in [0.2, 0.25) is 0 Å². The summed E-state index contributed by atoms with van der Waals surface area (Å²) in [5.41, 5.74) is 0. The first-order valence-electron chi connectivity index (χ1n) is 6.15. The Morgan fingerprint density at radius 1 is 1.33 bits per heavy atom. The summed E-state index contributed by atoms with van der Waals surface area (Å²) in [6, 6.07) is 6.01. The molecule has 0 atom stereocenters. The Kier molecular flexibility index (Phi) is 4.39. The lowest BCUT2D eigenvalue weighted by molar-refractivity contribution is 0.235. The number of hydrogen-bond donors (Lipinski definition) is 2. The second-order valence-corrected chi connectivity index (χ2v) is 4.36. The second-order valence-electron chi connectivity index (χ2n) is 4.36. The van der Waals surface area contributed by atoms with Gasteiger partial charge in [-0.05, 0) is 30.9 Å². The number of para-hydroxylation sites is 1. The predicted molar refractivity (Wildman–Crippen MR) is 66.0 cm³/mol. The van der Waals surface area contributed by atoms with Crippen molar-refractivity contribution < 1.29 is 13.9 Å². The van der Waals surface area contributed by atoms with Gasteiger partial charge in [-0.1, -0.05) is 12.1 Å². The van der Waals surface area contributed by atoms with Crippen molar-refractivity contribution in [3.05, 3.63) is 30.1 Å². The molecule has 2 rings (SSSR count). The Bertz CT molecular complexity index is 408. The van der Waals surface area contributed by atoms with E-state index in [-0.39, 0.29) is 18.4 Å². The summed E-state index contributed by atoms with van der Waals surface area (Å²) in [4.78, 5) is 11.3. The van der Waals surface area contributed by atoms with Crippen molar-refractivity contribution >= 4 is 6.03 Å². The highest BCUT2D eigenvalue weighted by atomic mass is 19.1. The van der Waals surface area contributed by atoms with Crippen molar-refractivity contribution in [1.29, 1.82) is 0 Å². The van der Waals surface area contributed by atoms with E-state index in [4.69, 9.17) is 4.74 Å². The number of benzene rings is 1. The fourth-order valence-corrected chi connectivity index (χ4v) is 1.51. The van der Waals surface area contributed by atoms with Crippen LogP contribution in [-0.4, -0.2) is 25.7 Å². The van der Waals surface area contributed by atoms with Gasteiger partial charge in [-0.25, -0.2) is 9.18 Å². The molecule has 98 valence electrons. The molecule has 2 amide bonds. The lowest BCUT2D eigenvalue weighted by Gasteiger charge is -2.09. The average Bonchev–Trinajstić information content (AvgIpc) is 3.18. The normalized spacial score (nSPS) is 14.1. The van der Waals surface area contributed by atoms with E-state index in [1.807, 2.05) is 0 Å². The highest BCUT2D eigenvalue weighted by molar-refractivity contribution is 5.73. The standard InChI is InChI=1S/C13H17FN2O2/c14-11-3-1-2-4-12(11)18-8-7-15-13(17)16-9-10-5-6-10/h1-4,10H,5-9H2,(H2,15,16,17). The number of carbonyl (C=O) groups excluding carboxylic acids is 1. The van der Waals surface area contributed by atoms with Crippen LogP contribution < -0.4 is 15.4 Å². The SMILES string of the molecule is O=C(NCCOc1ccccc1F)NCC1CC1. The first kappa shape index (κ1) is 12.7. The Hall–Kier alpha value is -1.78. The maximum Gasteiger partial charge on any atom is 0.314 e. The van der Waals surface area contributed by atoms with Crippen molar-refractivity contribution in [2.45, 2.75) is 12.8 Å². The smallest absolute Gasteiger partial charge is 0.314 e. The molecular weight excluding hydrogens is 235 g/mol. The van der Waals surface area contributed by atoms with Gasteiger partial charge in [-0.15, -0.1) is 0 Å². The topological polar surface area (TPSA) is 50.4 Å². The number of ether oxygens (including phenoxy) is 1. The van der Waals surface area contributed by atoms with Gasteiger partial charge in [0.1, 0.15) is 6.61 Å². The van der Waals surface area contributed by atoms with E-state index < -0.39 is 5.82 Å². The van der Waals surface area contributed by atoms with Crippen molar-refractivity contribution in [3.63, 3.8) is 0 Å². The number of rotatable bonds is 6. The maximum atomic E-state index is 13.2. The van der Waals surface area contributed by atoms with Crippen LogP contribution in [0.3, 0.4) is 0 Å². The fraction of sp³-hybridized carbons (Fsp3) is 0.462. The Labute approximate surface area is 106 Å². The van der Waals surface area contributed by atoms with E-state index in [9.17, 15) is 9.18 Å². The summed E-state index contributed by atoms with van der Waals surface area (Å²) in [6.45, 7) is 1.34. The minimum Gasteiger partial charge on any atom is -0.489 e. The Morgan fingerprint density at radius 3 is 2.83 bits per heavy atom. The summed E-state index contributed by atoms with van der Waals surface area (Å²) >= 11 is 0. The van der Waals surface area contributed by atoms with Gasteiger partial charge in [0.25, 0.3) is 0 Å². The molecule has 5 heteroatoms. The van der Waals surface area contributed by atoms with Crippen LogP contribution in [0.5, 0.6) is 5.75 Å². The van der Waals surface area contributed by atoms with Crippen LogP contribution >= 0.6 is 0 Å². The molecule has 1 aliphatic rings. The van der Waals surface area contributed by atoms with Gasteiger partial charge in [0.2, 0.25) is 0 Å². The first-order chi connectivity index (χ1) is 8.75. The van der Waals surface area contributed by atoms with Gasteiger partial charge >= 0.3 is 6.03 Å². The molecule has 1 saturated carbocycles. The van der Waals surface area contributed by atoms with E-state index in [1.54, 1.807) is 18.2 Å². The molecule has 0 aliphatic heterocycles. The van der Waals surface area contributed by atoms with Gasteiger partial charge < -0.3 is 15.4 Å². The van der Waals surface area contributed by atoms with Crippen LogP contribution in [0.15, 0.2) is 24.3 Å². The van der Waals surface area contributed by atoms with E-state index in [1.165, 1.54) is 18.9 Å². The molecule has 0 heterocycles. The monoisotopic (exact) mass is 252 g/mol. The molecule has 0 unspecified atom stereocenters. The minimum atomic E-state index is -0.393. The van der Waals surface area contributed by atoms with Gasteiger partial charge in [0.05, 0.1) is 6.54 Å². The molecule has 0 radical (unpaired) electrons. The van der Waals surface area contributed by atoms with Gasteiger partial charge in [0, 0.05) is 6.54 Å². The van der Waals surface area contributed by atoms with Gasteiger partial charge in [-0.2, -0.15) is 0 Å². The fourth-order valence-electron chi connectivity index (χ4n) is 1.51. The Morgan fingerprint density at radius 2 is 2.11 bits per heavy atom. The average molecular weight is 252 g/mol. The summed E-state index contributed by atoms with van der Waals surface area (Å²) in [6.07, 6.45) is 2.41. The molecular formula is C13H17FN2O2. The third kappa shape index (κ3) is 4.24. The highest BCUT2D eigenvalue weighted by Crippen LogP contribution is 2.27. The van der Waals surface area contributed by atoms with Crippen LogP contribution in [-0.2, 0) is 0 Å². The molecule has 1 aromatic rings. The quantitative estimate of drug-likeness (QED) is 0.760. The zero-order valence-corrected chi connectivity index (χ0v) is 10.1. The summed E-state index contributed by atoms with van der Waals surface area (Å²) in [5, 5.41) is 5.43. The number of carbonyl (C=O) groups is 1. The lowest BCUT2D eigenvalue weighted by Crippen LogP contribution is -2.38. The van der Waals surface area contributed by atoms with Crippen LogP contribution in [0.25, 0.3) is 0 Å². The van der Waals surface area contributed by atoms with Gasteiger partial charge in [-0.3, -0.25) is 0 Å². The molecule has 1 aliphatic carbocycles. The van der Waals surface area contributed by atoms with E-state index in [0.29, 0.717) is 12.5 Å². The lowest BCUT2D eigenvalue weighted by atomic mass is 10.3. The van der Waals surface area contributed by atoms with E-state index in [2.05, 4.69) is 10.6 Å². The summed E-state index contributed by atoms with van der Waals surface area (Å²) in [5.74, 6) is 0.471. The molecule has 1 fully saturated rings. The summed E-state index contributed by atoms with van der Waals surface area (Å²) in [7, 11) is 0.